The normalized spacial score (nSPS) is 11.0. The Morgan fingerprint density at radius 3 is 2.62 bits per heavy atom. The van der Waals surface area contributed by atoms with Crippen molar-refractivity contribution in [2.45, 2.75) is 20.3 Å². The number of allylic oxidation sites excluding steroid dienone is 1. The van der Waals surface area contributed by atoms with Gasteiger partial charge in [0.1, 0.15) is 5.69 Å². The van der Waals surface area contributed by atoms with Crippen molar-refractivity contribution in [1.82, 2.24) is 14.7 Å². The van der Waals surface area contributed by atoms with Gasteiger partial charge in [-0.25, -0.2) is 9.48 Å². The number of ketones is 1. The number of ether oxygens (including phenoxy) is 1. The second kappa shape index (κ2) is 8.67. The Morgan fingerprint density at radius 2 is 2.00 bits per heavy atom. The van der Waals surface area contributed by atoms with E-state index < -0.39 is 5.97 Å². The van der Waals surface area contributed by atoms with Crippen molar-refractivity contribution >= 4 is 23.4 Å². The van der Waals surface area contributed by atoms with Crippen molar-refractivity contribution < 1.29 is 14.3 Å². The number of nitrogens with zero attached hydrogens (tertiary/aromatic N) is 3. The standard InChI is InChI=1S/C19H22ClN3O3/c1-5-13-7-8-14(20)11-16(13)23-17(18(24)9-10-22(3)4)12-15(21-23)19(25)26-6-2/h7-12H,5-6H2,1-4H3/b10-9+. The summed E-state index contributed by atoms with van der Waals surface area (Å²) in [5.74, 6) is -0.847. The number of hydrogen-bond donors (Lipinski definition) is 0. The minimum absolute atomic E-state index is 0.0791. The number of esters is 1. The van der Waals surface area contributed by atoms with Crippen LogP contribution in [-0.4, -0.2) is 47.1 Å². The molecule has 6 nitrogen and oxygen atoms in total. The van der Waals surface area contributed by atoms with Crippen LogP contribution in [-0.2, 0) is 11.2 Å². The summed E-state index contributed by atoms with van der Waals surface area (Å²) in [4.78, 5) is 26.5. The Balaban J connectivity index is 2.61. The number of rotatable bonds is 7. The van der Waals surface area contributed by atoms with Crippen LogP contribution in [0, 0.1) is 0 Å². The molecule has 0 spiro atoms. The molecule has 0 saturated heterocycles. The number of carbonyl (C=O) groups excluding carboxylic acids is 2. The largest absolute Gasteiger partial charge is 0.461 e. The maximum absolute atomic E-state index is 12.7. The summed E-state index contributed by atoms with van der Waals surface area (Å²) < 4.78 is 6.47. The Kier molecular flexibility index (Phi) is 6.58. The zero-order chi connectivity index (χ0) is 19.3. The number of aryl methyl sites for hydroxylation is 1. The highest BCUT2D eigenvalue weighted by Gasteiger charge is 2.21. The summed E-state index contributed by atoms with van der Waals surface area (Å²) in [6, 6.07) is 6.84. The van der Waals surface area contributed by atoms with Crippen molar-refractivity contribution in [2.24, 2.45) is 0 Å². The number of hydrogen-bond acceptors (Lipinski definition) is 5. The zero-order valence-corrected chi connectivity index (χ0v) is 16.1. The van der Waals surface area contributed by atoms with E-state index in [1.807, 2.05) is 27.1 Å². The van der Waals surface area contributed by atoms with Gasteiger partial charge in [0.25, 0.3) is 0 Å². The molecular weight excluding hydrogens is 354 g/mol. The van der Waals surface area contributed by atoms with Crippen LogP contribution >= 0.6 is 11.6 Å². The van der Waals surface area contributed by atoms with E-state index in [1.165, 1.54) is 16.8 Å². The second-order valence-electron chi connectivity index (χ2n) is 5.82. The van der Waals surface area contributed by atoms with Gasteiger partial charge in [-0.2, -0.15) is 5.10 Å². The lowest BCUT2D eigenvalue weighted by Gasteiger charge is -2.11. The number of benzene rings is 1. The van der Waals surface area contributed by atoms with E-state index >= 15 is 0 Å². The van der Waals surface area contributed by atoms with Crippen molar-refractivity contribution in [1.29, 1.82) is 0 Å². The molecule has 0 radical (unpaired) electrons. The molecule has 0 amide bonds. The second-order valence-corrected chi connectivity index (χ2v) is 6.25. The van der Waals surface area contributed by atoms with Gasteiger partial charge in [-0.3, -0.25) is 4.79 Å². The Bertz CT molecular complexity index is 841. The summed E-state index contributed by atoms with van der Waals surface area (Å²) in [5.41, 5.74) is 1.97. The lowest BCUT2D eigenvalue weighted by molar-refractivity contribution is 0.0519. The third-order valence-corrected chi connectivity index (χ3v) is 3.86. The van der Waals surface area contributed by atoms with Crippen LogP contribution in [0.25, 0.3) is 5.69 Å². The van der Waals surface area contributed by atoms with Crippen LogP contribution in [0.2, 0.25) is 5.02 Å². The van der Waals surface area contributed by atoms with Gasteiger partial charge >= 0.3 is 5.97 Å². The minimum atomic E-state index is -0.572. The maximum atomic E-state index is 12.7. The van der Waals surface area contributed by atoms with Gasteiger partial charge in [0, 0.05) is 37.5 Å². The van der Waals surface area contributed by atoms with Gasteiger partial charge in [0.2, 0.25) is 5.78 Å². The SMILES string of the molecule is CCOC(=O)c1cc(C(=O)/C=C/N(C)C)n(-c2cc(Cl)ccc2CC)n1. The van der Waals surface area contributed by atoms with Crippen molar-refractivity contribution in [3.8, 4) is 5.69 Å². The van der Waals surface area contributed by atoms with E-state index in [0.717, 1.165) is 12.0 Å². The number of halogens is 1. The lowest BCUT2D eigenvalue weighted by Crippen LogP contribution is -2.11. The third kappa shape index (κ3) is 4.52. The molecule has 0 bridgehead atoms. The predicted molar refractivity (Wildman–Crippen MR) is 101 cm³/mol. The first kappa shape index (κ1) is 19.7. The molecule has 0 N–H and O–H groups in total. The van der Waals surface area contributed by atoms with E-state index in [4.69, 9.17) is 16.3 Å². The van der Waals surface area contributed by atoms with Gasteiger partial charge in [0.15, 0.2) is 5.69 Å². The molecule has 0 atom stereocenters. The van der Waals surface area contributed by atoms with Gasteiger partial charge < -0.3 is 9.64 Å². The third-order valence-electron chi connectivity index (χ3n) is 3.63. The molecule has 2 aromatic rings. The molecule has 0 saturated carbocycles. The number of carbonyl (C=O) groups is 2. The van der Waals surface area contributed by atoms with Crippen LogP contribution < -0.4 is 0 Å². The highest BCUT2D eigenvalue weighted by atomic mass is 35.5. The first-order valence-corrected chi connectivity index (χ1v) is 8.70. The first-order valence-electron chi connectivity index (χ1n) is 8.32. The van der Waals surface area contributed by atoms with Gasteiger partial charge in [0.05, 0.1) is 12.3 Å². The molecule has 1 heterocycles. The molecule has 0 aliphatic rings. The molecule has 0 fully saturated rings. The van der Waals surface area contributed by atoms with Crippen LogP contribution in [0.15, 0.2) is 36.5 Å². The molecular formula is C19H22ClN3O3. The van der Waals surface area contributed by atoms with Crippen molar-refractivity contribution in [3.63, 3.8) is 0 Å². The summed E-state index contributed by atoms with van der Waals surface area (Å²) in [7, 11) is 3.63. The highest BCUT2D eigenvalue weighted by Crippen LogP contribution is 2.23. The van der Waals surface area contributed by atoms with E-state index in [1.54, 1.807) is 30.2 Å². The fraction of sp³-hybridized carbons (Fsp3) is 0.316. The highest BCUT2D eigenvalue weighted by molar-refractivity contribution is 6.30. The van der Waals surface area contributed by atoms with Crippen LogP contribution in [0.1, 0.15) is 40.4 Å². The Hall–Kier alpha value is -2.60. The average molecular weight is 376 g/mol. The first-order chi connectivity index (χ1) is 12.4. The fourth-order valence-corrected chi connectivity index (χ4v) is 2.55. The van der Waals surface area contributed by atoms with Crippen molar-refractivity contribution in [3.05, 3.63) is 58.5 Å². The fourth-order valence-electron chi connectivity index (χ4n) is 2.38. The predicted octanol–water partition coefficient (Wildman–Crippen LogP) is 3.52. The van der Waals surface area contributed by atoms with E-state index in [2.05, 4.69) is 5.10 Å². The van der Waals surface area contributed by atoms with Gasteiger partial charge in [-0.05, 0) is 31.0 Å². The summed E-state index contributed by atoms with van der Waals surface area (Å²) in [5, 5.41) is 4.83. The maximum Gasteiger partial charge on any atom is 0.358 e. The van der Waals surface area contributed by atoms with E-state index in [9.17, 15) is 9.59 Å². The molecule has 7 heteroatoms. The summed E-state index contributed by atoms with van der Waals surface area (Å²) in [6.45, 7) is 3.94. The molecule has 0 aliphatic heterocycles. The van der Waals surface area contributed by atoms with Crippen LogP contribution in [0.4, 0.5) is 0 Å². The minimum Gasteiger partial charge on any atom is -0.461 e. The smallest absolute Gasteiger partial charge is 0.358 e. The molecule has 1 aromatic heterocycles. The van der Waals surface area contributed by atoms with Crippen molar-refractivity contribution in [2.75, 3.05) is 20.7 Å². The van der Waals surface area contributed by atoms with Gasteiger partial charge in [-0.15, -0.1) is 0 Å². The quantitative estimate of drug-likeness (QED) is 0.421. The molecule has 0 unspecified atom stereocenters. The Labute approximate surface area is 158 Å². The summed E-state index contributed by atoms with van der Waals surface area (Å²) >= 11 is 6.14. The molecule has 138 valence electrons. The molecule has 0 aliphatic carbocycles. The monoisotopic (exact) mass is 375 g/mol. The van der Waals surface area contributed by atoms with Crippen LogP contribution in [0.5, 0.6) is 0 Å². The summed E-state index contributed by atoms with van der Waals surface area (Å²) in [6.07, 6.45) is 3.79. The van der Waals surface area contributed by atoms with E-state index in [-0.39, 0.29) is 23.8 Å². The number of aromatic nitrogens is 2. The van der Waals surface area contributed by atoms with E-state index in [0.29, 0.717) is 10.7 Å². The molecule has 2 rings (SSSR count). The molecule has 1 aromatic carbocycles. The van der Waals surface area contributed by atoms with Gasteiger partial charge in [-0.1, -0.05) is 24.6 Å². The van der Waals surface area contributed by atoms with Crippen LogP contribution in [0.3, 0.4) is 0 Å². The lowest BCUT2D eigenvalue weighted by atomic mass is 10.1. The topological polar surface area (TPSA) is 64.4 Å². The average Bonchev–Trinajstić information content (AvgIpc) is 3.05. The zero-order valence-electron chi connectivity index (χ0n) is 15.3. The molecule has 26 heavy (non-hydrogen) atoms. The Morgan fingerprint density at radius 1 is 1.27 bits per heavy atom.